The lowest BCUT2D eigenvalue weighted by Gasteiger charge is -2.11. The Kier molecular flexibility index (Phi) is 3.47. The number of aliphatic hydroxyl groups is 1. The number of rotatable bonds is 3. The predicted octanol–water partition coefficient (Wildman–Crippen LogP) is 4.07. The van der Waals surface area contributed by atoms with Gasteiger partial charge in [0.15, 0.2) is 11.5 Å². The topological polar surface area (TPSA) is 46.3 Å². The highest BCUT2D eigenvalue weighted by Crippen LogP contribution is 2.27. The maximum Gasteiger partial charge on any atom is 0.198 e. The Hall–Kier alpha value is -1.84. The van der Waals surface area contributed by atoms with Crippen LogP contribution in [0.15, 0.2) is 46.9 Å². The number of para-hydroxylation sites is 2. The molecule has 0 spiro atoms. The lowest BCUT2D eigenvalue weighted by molar-refractivity contribution is 0.169. The summed E-state index contributed by atoms with van der Waals surface area (Å²) >= 11 is 6.16. The second-order valence-electron chi connectivity index (χ2n) is 4.82. The number of fused-ring (bicyclic) bond motifs is 1. The van der Waals surface area contributed by atoms with Crippen LogP contribution in [0.1, 0.15) is 23.1 Å². The second-order valence-corrected chi connectivity index (χ2v) is 5.23. The van der Waals surface area contributed by atoms with Gasteiger partial charge in [0.05, 0.1) is 12.5 Å². The molecule has 3 aromatic rings. The Morgan fingerprint density at radius 2 is 2.05 bits per heavy atom. The van der Waals surface area contributed by atoms with Gasteiger partial charge in [-0.25, -0.2) is 4.98 Å². The molecule has 1 heterocycles. The van der Waals surface area contributed by atoms with Crippen molar-refractivity contribution in [2.75, 3.05) is 0 Å². The molecule has 1 unspecified atom stereocenters. The van der Waals surface area contributed by atoms with Crippen LogP contribution < -0.4 is 0 Å². The fourth-order valence-electron chi connectivity index (χ4n) is 2.19. The van der Waals surface area contributed by atoms with Crippen molar-refractivity contribution < 1.29 is 9.52 Å². The molecule has 0 saturated heterocycles. The number of hydrogen-bond acceptors (Lipinski definition) is 3. The Balaban J connectivity index is 1.86. The standard InChI is InChI=1S/C16H14ClNO2/c1-10-6-7-11(12(17)8-10)14(19)9-16-18-13-4-2-3-5-15(13)20-16/h2-8,14,19H,9H2,1H3. The molecule has 3 nitrogen and oxygen atoms in total. The molecule has 1 aromatic heterocycles. The van der Waals surface area contributed by atoms with Gasteiger partial charge in [0.25, 0.3) is 0 Å². The summed E-state index contributed by atoms with van der Waals surface area (Å²) in [6.45, 7) is 1.96. The molecular weight excluding hydrogens is 274 g/mol. The van der Waals surface area contributed by atoms with Crippen LogP contribution in [0, 0.1) is 6.92 Å². The number of aryl methyl sites for hydroxylation is 1. The van der Waals surface area contributed by atoms with Gasteiger partial charge in [0, 0.05) is 5.02 Å². The molecule has 0 aliphatic rings. The first kappa shape index (κ1) is 13.2. The van der Waals surface area contributed by atoms with E-state index in [-0.39, 0.29) is 0 Å². The summed E-state index contributed by atoms with van der Waals surface area (Å²) in [7, 11) is 0. The van der Waals surface area contributed by atoms with Gasteiger partial charge < -0.3 is 9.52 Å². The summed E-state index contributed by atoms with van der Waals surface area (Å²) in [5, 5.41) is 10.8. The van der Waals surface area contributed by atoms with E-state index in [0.29, 0.717) is 22.9 Å². The quantitative estimate of drug-likeness (QED) is 0.790. The zero-order valence-corrected chi connectivity index (χ0v) is 11.8. The zero-order chi connectivity index (χ0) is 14.1. The molecule has 4 heteroatoms. The summed E-state index contributed by atoms with van der Waals surface area (Å²) in [5.41, 5.74) is 3.28. The minimum absolute atomic E-state index is 0.303. The molecular formula is C16H14ClNO2. The maximum atomic E-state index is 10.3. The van der Waals surface area contributed by atoms with Gasteiger partial charge in [-0.05, 0) is 36.2 Å². The predicted molar refractivity (Wildman–Crippen MR) is 78.9 cm³/mol. The van der Waals surface area contributed by atoms with Crippen molar-refractivity contribution in [2.45, 2.75) is 19.4 Å². The van der Waals surface area contributed by atoms with Crippen LogP contribution in [0.5, 0.6) is 0 Å². The Labute approximate surface area is 121 Å². The first-order valence-electron chi connectivity index (χ1n) is 6.42. The third kappa shape index (κ3) is 2.55. The number of aliphatic hydroxyl groups excluding tert-OH is 1. The van der Waals surface area contributed by atoms with E-state index in [1.807, 2.05) is 49.4 Å². The molecule has 102 valence electrons. The van der Waals surface area contributed by atoms with Crippen molar-refractivity contribution >= 4 is 22.7 Å². The highest BCUT2D eigenvalue weighted by molar-refractivity contribution is 6.31. The smallest absolute Gasteiger partial charge is 0.198 e. The molecule has 3 rings (SSSR count). The van der Waals surface area contributed by atoms with Crippen LogP contribution >= 0.6 is 11.6 Å². The lowest BCUT2D eigenvalue weighted by Crippen LogP contribution is -2.03. The van der Waals surface area contributed by atoms with Crippen molar-refractivity contribution in [1.82, 2.24) is 4.98 Å². The molecule has 0 bridgehead atoms. The van der Waals surface area contributed by atoms with E-state index in [9.17, 15) is 5.11 Å². The minimum Gasteiger partial charge on any atom is -0.441 e. The fourth-order valence-corrected chi connectivity index (χ4v) is 2.55. The van der Waals surface area contributed by atoms with Gasteiger partial charge in [-0.2, -0.15) is 0 Å². The van der Waals surface area contributed by atoms with Gasteiger partial charge in [0.1, 0.15) is 5.52 Å². The van der Waals surface area contributed by atoms with Gasteiger partial charge in [0.2, 0.25) is 0 Å². The number of hydrogen-bond donors (Lipinski definition) is 1. The van der Waals surface area contributed by atoms with E-state index in [4.69, 9.17) is 16.0 Å². The van der Waals surface area contributed by atoms with Crippen LogP contribution in [0.3, 0.4) is 0 Å². The summed E-state index contributed by atoms with van der Waals surface area (Å²) in [6.07, 6.45) is -0.423. The second kappa shape index (κ2) is 5.27. The minimum atomic E-state index is -0.726. The Morgan fingerprint density at radius 1 is 1.25 bits per heavy atom. The van der Waals surface area contributed by atoms with E-state index in [1.54, 1.807) is 0 Å². The van der Waals surface area contributed by atoms with Gasteiger partial charge in [-0.3, -0.25) is 0 Å². The summed E-state index contributed by atoms with van der Waals surface area (Å²) in [4.78, 5) is 4.36. The Bertz CT molecular complexity index is 718. The SMILES string of the molecule is Cc1ccc(C(O)Cc2nc3ccccc3o2)c(Cl)c1. The highest BCUT2D eigenvalue weighted by atomic mass is 35.5. The van der Waals surface area contributed by atoms with Crippen LogP contribution in [-0.4, -0.2) is 10.1 Å². The number of nitrogens with zero attached hydrogens (tertiary/aromatic N) is 1. The van der Waals surface area contributed by atoms with Crippen LogP contribution in [0.2, 0.25) is 5.02 Å². The normalized spacial score (nSPS) is 12.8. The van der Waals surface area contributed by atoms with E-state index in [2.05, 4.69) is 4.98 Å². The average Bonchev–Trinajstić information content (AvgIpc) is 2.80. The molecule has 0 radical (unpaired) electrons. The monoisotopic (exact) mass is 287 g/mol. The van der Waals surface area contributed by atoms with Crippen molar-refractivity contribution in [3.8, 4) is 0 Å². The van der Waals surface area contributed by atoms with Crippen LogP contribution in [0.4, 0.5) is 0 Å². The first-order valence-corrected chi connectivity index (χ1v) is 6.80. The first-order chi connectivity index (χ1) is 9.63. The summed E-state index contributed by atoms with van der Waals surface area (Å²) < 4.78 is 5.61. The van der Waals surface area contributed by atoms with E-state index < -0.39 is 6.10 Å². The number of aromatic nitrogens is 1. The van der Waals surface area contributed by atoms with Gasteiger partial charge in [-0.15, -0.1) is 0 Å². The number of oxazole rings is 1. The van der Waals surface area contributed by atoms with Crippen molar-refractivity contribution in [3.05, 3.63) is 64.5 Å². The van der Waals surface area contributed by atoms with Gasteiger partial charge in [-0.1, -0.05) is 35.9 Å². The van der Waals surface area contributed by atoms with Crippen LogP contribution in [0.25, 0.3) is 11.1 Å². The third-order valence-electron chi connectivity index (χ3n) is 3.22. The largest absolute Gasteiger partial charge is 0.441 e. The molecule has 1 atom stereocenters. The van der Waals surface area contributed by atoms with Crippen molar-refractivity contribution in [1.29, 1.82) is 0 Å². The maximum absolute atomic E-state index is 10.3. The molecule has 0 amide bonds. The Morgan fingerprint density at radius 3 is 2.80 bits per heavy atom. The third-order valence-corrected chi connectivity index (χ3v) is 3.55. The highest BCUT2D eigenvalue weighted by Gasteiger charge is 2.16. The molecule has 0 saturated carbocycles. The molecule has 2 aromatic carbocycles. The molecule has 1 N–H and O–H groups in total. The average molecular weight is 288 g/mol. The summed E-state index contributed by atoms with van der Waals surface area (Å²) in [5.74, 6) is 0.510. The molecule has 0 fully saturated rings. The van der Waals surface area contributed by atoms with Gasteiger partial charge >= 0.3 is 0 Å². The molecule has 20 heavy (non-hydrogen) atoms. The summed E-state index contributed by atoms with van der Waals surface area (Å²) in [6, 6.07) is 13.1. The molecule has 0 aliphatic carbocycles. The molecule has 0 aliphatic heterocycles. The van der Waals surface area contributed by atoms with Crippen molar-refractivity contribution in [3.63, 3.8) is 0 Å². The van der Waals surface area contributed by atoms with E-state index in [1.165, 1.54) is 0 Å². The fraction of sp³-hybridized carbons (Fsp3) is 0.188. The lowest BCUT2D eigenvalue weighted by atomic mass is 10.0. The van der Waals surface area contributed by atoms with Crippen molar-refractivity contribution in [2.24, 2.45) is 0 Å². The van der Waals surface area contributed by atoms with E-state index in [0.717, 1.165) is 16.7 Å². The number of benzene rings is 2. The number of halogens is 1. The zero-order valence-electron chi connectivity index (χ0n) is 11.0. The van der Waals surface area contributed by atoms with Crippen LogP contribution in [-0.2, 0) is 6.42 Å². The van der Waals surface area contributed by atoms with E-state index >= 15 is 0 Å².